The first-order valence-electron chi connectivity index (χ1n) is 3.95. The number of amides is 2. The third-order valence-corrected chi connectivity index (χ3v) is 2.84. The van der Waals surface area contributed by atoms with Gasteiger partial charge in [-0.1, -0.05) is 6.08 Å². The van der Waals surface area contributed by atoms with Crippen LogP contribution in [-0.2, 0) is 14.3 Å². The summed E-state index contributed by atoms with van der Waals surface area (Å²) in [7, 11) is 0. The minimum absolute atomic E-state index is 0.267. The van der Waals surface area contributed by atoms with Crippen molar-refractivity contribution in [1.82, 2.24) is 5.32 Å². The van der Waals surface area contributed by atoms with Crippen molar-refractivity contribution in [3.63, 3.8) is 0 Å². The van der Waals surface area contributed by atoms with Crippen LogP contribution in [-0.4, -0.2) is 23.0 Å². The van der Waals surface area contributed by atoms with E-state index in [2.05, 4.69) is 5.32 Å². The zero-order chi connectivity index (χ0) is 8.40. The van der Waals surface area contributed by atoms with Crippen molar-refractivity contribution in [3.05, 3.63) is 12.2 Å². The Hall–Kier alpha value is -1.16. The highest BCUT2D eigenvalue weighted by molar-refractivity contribution is 6.18. The molecule has 2 aliphatic heterocycles. The summed E-state index contributed by atoms with van der Waals surface area (Å²) in [5.74, 6) is -0.569. The summed E-state index contributed by atoms with van der Waals surface area (Å²) < 4.78 is 5.27. The predicted molar refractivity (Wildman–Crippen MR) is 38.1 cm³/mol. The highest BCUT2D eigenvalue weighted by atomic mass is 16.6. The van der Waals surface area contributed by atoms with Gasteiger partial charge in [0.05, 0.1) is 0 Å². The number of rotatable bonds is 0. The number of carbonyl (C=O) groups is 2. The van der Waals surface area contributed by atoms with Gasteiger partial charge in [-0.2, -0.15) is 0 Å². The topological polar surface area (TPSA) is 58.7 Å². The molecular formula is C8H7NO3. The van der Waals surface area contributed by atoms with Gasteiger partial charge in [0.2, 0.25) is 5.60 Å². The smallest absolute Gasteiger partial charge is 0.266 e. The number of ether oxygens (including phenoxy) is 1. The molecular weight excluding hydrogens is 158 g/mol. The second kappa shape index (κ2) is 1.47. The molecule has 2 heterocycles. The van der Waals surface area contributed by atoms with Crippen LogP contribution in [0.3, 0.4) is 0 Å². The highest BCUT2D eigenvalue weighted by Crippen LogP contribution is 2.57. The van der Waals surface area contributed by atoms with E-state index in [-0.39, 0.29) is 11.8 Å². The molecule has 2 amide bonds. The molecule has 2 atom stereocenters. The normalized spacial score (nSPS) is 48.3. The molecule has 0 aromatic carbocycles. The van der Waals surface area contributed by atoms with Crippen LogP contribution in [0.2, 0.25) is 0 Å². The van der Waals surface area contributed by atoms with Gasteiger partial charge in [-0.3, -0.25) is 14.9 Å². The van der Waals surface area contributed by atoms with E-state index in [0.29, 0.717) is 6.42 Å². The van der Waals surface area contributed by atoms with E-state index in [1.54, 1.807) is 6.08 Å². The molecule has 1 N–H and O–H groups in total. The lowest BCUT2D eigenvalue weighted by Crippen LogP contribution is -2.32. The van der Waals surface area contributed by atoms with Gasteiger partial charge < -0.3 is 4.74 Å². The van der Waals surface area contributed by atoms with Crippen molar-refractivity contribution in [2.75, 3.05) is 0 Å². The van der Waals surface area contributed by atoms with Crippen molar-refractivity contribution in [2.45, 2.75) is 24.0 Å². The molecule has 2 unspecified atom stereocenters. The van der Waals surface area contributed by atoms with E-state index in [9.17, 15) is 9.59 Å². The average Bonchev–Trinajstić information content (AvgIpc) is 2.69. The second-order valence-electron chi connectivity index (χ2n) is 3.39. The number of allylic oxidation sites excluding steroid dienone is 1. The van der Waals surface area contributed by atoms with Gasteiger partial charge in [0, 0.05) is 0 Å². The summed E-state index contributed by atoms with van der Waals surface area (Å²) in [5, 5.41) is 2.29. The second-order valence-corrected chi connectivity index (χ2v) is 3.39. The van der Waals surface area contributed by atoms with Crippen molar-refractivity contribution in [1.29, 1.82) is 0 Å². The maximum Gasteiger partial charge on any atom is 0.266 e. The maximum atomic E-state index is 11.3. The lowest BCUT2D eigenvalue weighted by atomic mass is 9.86. The van der Waals surface area contributed by atoms with Crippen LogP contribution in [0.4, 0.5) is 0 Å². The fourth-order valence-corrected chi connectivity index (χ4v) is 2.12. The summed E-state index contributed by atoms with van der Waals surface area (Å²) in [4.78, 5) is 22.6. The summed E-state index contributed by atoms with van der Waals surface area (Å²) in [6.45, 7) is 0. The molecule has 0 radical (unpaired) electrons. The average molecular weight is 165 g/mol. The van der Waals surface area contributed by atoms with Gasteiger partial charge in [0.1, 0.15) is 0 Å². The summed E-state index contributed by atoms with van der Waals surface area (Å²) in [6.07, 6.45) is 5.03. The summed E-state index contributed by atoms with van der Waals surface area (Å²) in [5.41, 5.74) is -1.73. The zero-order valence-corrected chi connectivity index (χ0v) is 6.29. The largest absolute Gasteiger partial charge is 0.337 e. The molecule has 3 aliphatic rings. The van der Waals surface area contributed by atoms with Crippen LogP contribution in [0.1, 0.15) is 12.8 Å². The van der Waals surface area contributed by atoms with Gasteiger partial charge in [-0.25, -0.2) is 0 Å². The Morgan fingerprint density at radius 3 is 3.00 bits per heavy atom. The number of epoxide rings is 1. The Balaban J connectivity index is 2.19. The van der Waals surface area contributed by atoms with Gasteiger partial charge >= 0.3 is 0 Å². The minimum atomic E-state index is -0.914. The number of hydrogen-bond acceptors (Lipinski definition) is 3. The number of imide groups is 1. The lowest BCUT2D eigenvalue weighted by molar-refractivity contribution is -0.133. The number of hydrogen-bond donors (Lipinski definition) is 1. The van der Waals surface area contributed by atoms with Gasteiger partial charge in [-0.05, 0) is 18.9 Å². The molecule has 0 spiro atoms. The van der Waals surface area contributed by atoms with Crippen LogP contribution in [0.25, 0.3) is 0 Å². The SMILES string of the molecule is O=C1NC(=O)C23CCC=CC12O3. The minimum Gasteiger partial charge on any atom is -0.337 e. The number of morpholine rings is 1. The quantitative estimate of drug-likeness (QED) is 0.299. The van der Waals surface area contributed by atoms with Crippen LogP contribution < -0.4 is 5.32 Å². The van der Waals surface area contributed by atoms with Gasteiger partial charge in [0.15, 0.2) is 5.60 Å². The molecule has 3 rings (SSSR count). The van der Waals surface area contributed by atoms with Crippen LogP contribution in [0, 0.1) is 0 Å². The van der Waals surface area contributed by atoms with Crippen molar-refractivity contribution in [3.8, 4) is 0 Å². The summed E-state index contributed by atoms with van der Waals surface area (Å²) in [6, 6.07) is 0. The Bertz CT molecular complexity index is 335. The standard InChI is InChI=1S/C8H7NO3/c10-5-7-3-1-2-4-8(7,12-7)6(11)9-5/h1,3H,2,4H2,(H,9,10,11). The van der Waals surface area contributed by atoms with Crippen LogP contribution >= 0.6 is 0 Å². The Morgan fingerprint density at radius 1 is 1.42 bits per heavy atom. The third kappa shape index (κ3) is 0.400. The van der Waals surface area contributed by atoms with E-state index >= 15 is 0 Å². The van der Waals surface area contributed by atoms with E-state index in [4.69, 9.17) is 4.74 Å². The van der Waals surface area contributed by atoms with E-state index < -0.39 is 11.2 Å². The van der Waals surface area contributed by atoms with Crippen molar-refractivity contribution in [2.24, 2.45) is 0 Å². The number of nitrogens with one attached hydrogen (secondary N) is 1. The van der Waals surface area contributed by atoms with Crippen molar-refractivity contribution >= 4 is 11.8 Å². The van der Waals surface area contributed by atoms with Crippen molar-refractivity contribution < 1.29 is 14.3 Å². The van der Waals surface area contributed by atoms with Crippen LogP contribution in [0.15, 0.2) is 12.2 Å². The van der Waals surface area contributed by atoms with Crippen LogP contribution in [0.5, 0.6) is 0 Å². The molecule has 12 heavy (non-hydrogen) atoms. The van der Waals surface area contributed by atoms with E-state index in [1.807, 2.05) is 6.08 Å². The molecule has 4 heteroatoms. The first-order chi connectivity index (χ1) is 5.71. The fraction of sp³-hybridized carbons (Fsp3) is 0.500. The third-order valence-electron chi connectivity index (χ3n) is 2.84. The molecule has 0 aromatic heterocycles. The maximum absolute atomic E-state index is 11.3. The van der Waals surface area contributed by atoms with Gasteiger partial charge in [-0.15, -0.1) is 0 Å². The molecule has 0 saturated carbocycles. The number of carbonyl (C=O) groups excluding carboxylic acids is 2. The van der Waals surface area contributed by atoms with E-state index in [1.165, 1.54) is 0 Å². The summed E-state index contributed by atoms with van der Waals surface area (Å²) >= 11 is 0. The lowest BCUT2D eigenvalue weighted by Gasteiger charge is -2.07. The van der Waals surface area contributed by atoms with E-state index in [0.717, 1.165) is 6.42 Å². The molecule has 2 fully saturated rings. The first kappa shape index (κ1) is 6.37. The fourth-order valence-electron chi connectivity index (χ4n) is 2.12. The molecule has 2 saturated heterocycles. The first-order valence-corrected chi connectivity index (χ1v) is 3.95. The monoisotopic (exact) mass is 165 g/mol. The Labute approximate surface area is 68.6 Å². The Morgan fingerprint density at radius 2 is 2.25 bits per heavy atom. The molecule has 0 aromatic rings. The molecule has 0 bridgehead atoms. The zero-order valence-electron chi connectivity index (χ0n) is 6.29. The highest BCUT2D eigenvalue weighted by Gasteiger charge is 2.82. The van der Waals surface area contributed by atoms with Gasteiger partial charge in [0.25, 0.3) is 11.8 Å². The predicted octanol–water partition coefficient (Wildman–Crippen LogP) is -0.499. The molecule has 62 valence electrons. The molecule has 1 aliphatic carbocycles. The molecule has 4 nitrogen and oxygen atoms in total. The Kier molecular flexibility index (Phi) is 0.782.